The van der Waals surface area contributed by atoms with Gasteiger partial charge in [-0.2, -0.15) is 18.4 Å². The fourth-order valence-electron chi connectivity index (χ4n) is 1.35. The van der Waals surface area contributed by atoms with Crippen LogP contribution in [0, 0.1) is 11.3 Å². The lowest BCUT2D eigenvalue weighted by Crippen LogP contribution is -2.04. The lowest BCUT2D eigenvalue weighted by atomic mass is 10.2. The highest BCUT2D eigenvalue weighted by Crippen LogP contribution is 2.31. The van der Waals surface area contributed by atoms with Crippen molar-refractivity contribution >= 4 is 10.9 Å². The fourth-order valence-corrected chi connectivity index (χ4v) is 1.35. The van der Waals surface area contributed by atoms with Crippen LogP contribution in [0.3, 0.4) is 0 Å². The summed E-state index contributed by atoms with van der Waals surface area (Å²) in [5.74, 6) is 0. The molecular weight excluding hydrogens is 241 g/mol. The first-order chi connectivity index (χ1) is 8.00. The van der Waals surface area contributed by atoms with E-state index in [0.29, 0.717) is 16.5 Å². The highest BCUT2D eigenvalue weighted by Gasteiger charge is 2.32. The maximum atomic E-state index is 12.3. The van der Waals surface area contributed by atoms with Crippen LogP contribution in [-0.2, 0) is 6.18 Å². The van der Waals surface area contributed by atoms with Crippen LogP contribution in [0.2, 0.25) is 0 Å². The number of alkyl halides is 3. The molecule has 98 valence electrons. The Bertz CT molecular complexity index is 547. The van der Waals surface area contributed by atoms with E-state index in [1.807, 2.05) is 19.9 Å². The molecule has 5 heteroatoms. The van der Waals surface area contributed by atoms with Crippen LogP contribution < -0.4 is 0 Å². The molecule has 0 fully saturated rings. The molecule has 0 aliphatic rings. The zero-order valence-electron chi connectivity index (χ0n) is 9.39. The van der Waals surface area contributed by atoms with Gasteiger partial charge in [-0.3, -0.25) is 0 Å². The summed E-state index contributed by atoms with van der Waals surface area (Å²) in [7, 11) is 0. The summed E-state index contributed by atoms with van der Waals surface area (Å²) in [6.45, 7) is 4.00. The van der Waals surface area contributed by atoms with E-state index < -0.39 is 11.9 Å². The fraction of sp³-hybridized carbons (Fsp3) is 0.308. The molecule has 1 aromatic carbocycles. The van der Waals surface area contributed by atoms with E-state index in [-0.39, 0.29) is 7.43 Å². The summed E-state index contributed by atoms with van der Waals surface area (Å²) < 4.78 is 36.9. The Kier molecular flexibility index (Phi) is 5.44. The predicted molar refractivity (Wildman–Crippen MR) is 66.1 cm³/mol. The van der Waals surface area contributed by atoms with E-state index >= 15 is 0 Å². The van der Waals surface area contributed by atoms with Crippen molar-refractivity contribution in [3.8, 4) is 6.07 Å². The molecule has 0 unspecified atom stereocenters. The number of nitrogens with zero attached hydrogens (tertiary/aromatic N) is 1. The highest BCUT2D eigenvalue weighted by molar-refractivity contribution is 5.82. The summed E-state index contributed by atoms with van der Waals surface area (Å²) in [6, 6.07) is 7.22. The molecule has 18 heavy (non-hydrogen) atoms. The first-order valence-corrected chi connectivity index (χ1v) is 5.11. The molecule has 0 aliphatic heterocycles. The number of nitriles is 1. The molecule has 1 aromatic heterocycles. The standard InChI is InChI=1S/C10H5F3N2.C2H6.CH4/c11-10(12,13)9-4-7-3-6(5-14)1-2-8(7)15-9;1-2;/h1-4,15H;1-2H3;1H4. The van der Waals surface area contributed by atoms with E-state index in [0.717, 1.165) is 6.07 Å². The van der Waals surface area contributed by atoms with Gasteiger partial charge in [-0.15, -0.1) is 0 Å². The Labute approximate surface area is 104 Å². The zero-order valence-corrected chi connectivity index (χ0v) is 9.39. The van der Waals surface area contributed by atoms with Crippen molar-refractivity contribution in [2.24, 2.45) is 0 Å². The average Bonchev–Trinajstić information content (AvgIpc) is 2.74. The molecule has 0 aliphatic carbocycles. The maximum absolute atomic E-state index is 12.3. The number of nitrogens with one attached hydrogen (secondary N) is 1. The van der Waals surface area contributed by atoms with Crippen molar-refractivity contribution < 1.29 is 13.2 Å². The van der Waals surface area contributed by atoms with Gasteiger partial charge in [0.1, 0.15) is 5.69 Å². The SMILES string of the molecule is C.CC.N#Cc1ccc2[nH]c(C(F)(F)F)cc2c1. The van der Waals surface area contributed by atoms with Crippen molar-refractivity contribution in [2.75, 3.05) is 0 Å². The molecule has 0 bridgehead atoms. The second-order valence-electron chi connectivity index (χ2n) is 3.09. The van der Waals surface area contributed by atoms with Crippen LogP contribution in [0.15, 0.2) is 24.3 Å². The van der Waals surface area contributed by atoms with Crippen molar-refractivity contribution in [3.63, 3.8) is 0 Å². The second kappa shape index (κ2) is 6.10. The van der Waals surface area contributed by atoms with Gasteiger partial charge in [0.15, 0.2) is 0 Å². The molecule has 0 saturated heterocycles. The first kappa shape index (κ1) is 16.0. The summed E-state index contributed by atoms with van der Waals surface area (Å²) in [5, 5.41) is 8.97. The predicted octanol–water partition coefficient (Wildman–Crippen LogP) is 4.72. The molecule has 1 N–H and O–H groups in total. The van der Waals surface area contributed by atoms with Gasteiger partial charge in [-0.1, -0.05) is 21.3 Å². The minimum atomic E-state index is -4.38. The smallest absolute Gasteiger partial charge is 0.351 e. The second-order valence-corrected chi connectivity index (χ2v) is 3.09. The largest absolute Gasteiger partial charge is 0.431 e. The third-order valence-corrected chi connectivity index (χ3v) is 2.06. The van der Waals surface area contributed by atoms with Gasteiger partial charge in [0.2, 0.25) is 0 Å². The zero-order chi connectivity index (χ0) is 13.1. The Morgan fingerprint density at radius 3 is 2.28 bits per heavy atom. The van der Waals surface area contributed by atoms with E-state index in [1.54, 1.807) is 0 Å². The lowest BCUT2D eigenvalue weighted by molar-refractivity contribution is -0.140. The van der Waals surface area contributed by atoms with Crippen molar-refractivity contribution in [2.45, 2.75) is 27.5 Å². The Morgan fingerprint density at radius 1 is 1.17 bits per heavy atom. The molecule has 2 nitrogen and oxygen atoms in total. The molecule has 1 heterocycles. The van der Waals surface area contributed by atoms with Crippen LogP contribution in [0.25, 0.3) is 10.9 Å². The summed E-state index contributed by atoms with van der Waals surface area (Å²) in [4.78, 5) is 2.25. The summed E-state index contributed by atoms with van der Waals surface area (Å²) >= 11 is 0. The summed E-state index contributed by atoms with van der Waals surface area (Å²) in [5.41, 5.74) is -0.0795. The van der Waals surface area contributed by atoms with Crippen LogP contribution in [-0.4, -0.2) is 4.98 Å². The van der Waals surface area contributed by atoms with Crippen molar-refractivity contribution in [1.82, 2.24) is 4.98 Å². The molecule has 0 radical (unpaired) electrons. The Hall–Kier alpha value is -1.96. The number of halogens is 3. The van der Waals surface area contributed by atoms with E-state index in [4.69, 9.17) is 5.26 Å². The minimum Gasteiger partial charge on any atom is -0.351 e. The molecule has 0 amide bonds. The van der Waals surface area contributed by atoms with Gasteiger partial charge in [0.25, 0.3) is 0 Å². The quantitative estimate of drug-likeness (QED) is 0.727. The third kappa shape index (κ3) is 3.27. The number of hydrogen-bond donors (Lipinski definition) is 1. The van der Waals surface area contributed by atoms with Crippen LogP contribution >= 0.6 is 0 Å². The molecule has 2 aromatic rings. The minimum absolute atomic E-state index is 0. The lowest BCUT2D eigenvalue weighted by Gasteiger charge is -2.00. The van der Waals surface area contributed by atoms with Gasteiger partial charge in [0.05, 0.1) is 11.6 Å². The Balaban J connectivity index is 0.000000917. The van der Waals surface area contributed by atoms with E-state index in [1.165, 1.54) is 18.2 Å². The topological polar surface area (TPSA) is 39.6 Å². The van der Waals surface area contributed by atoms with Gasteiger partial charge in [-0.25, -0.2) is 0 Å². The van der Waals surface area contributed by atoms with Crippen molar-refractivity contribution in [1.29, 1.82) is 5.26 Å². The van der Waals surface area contributed by atoms with Crippen molar-refractivity contribution in [3.05, 3.63) is 35.5 Å². The monoisotopic (exact) mass is 256 g/mol. The highest BCUT2D eigenvalue weighted by atomic mass is 19.4. The average molecular weight is 256 g/mol. The van der Waals surface area contributed by atoms with Crippen LogP contribution in [0.5, 0.6) is 0 Å². The number of fused-ring (bicyclic) bond motifs is 1. The van der Waals surface area contributed by atoms with Gasteiger partial charge < -0.3 is 4.98 Å². The van der Waals surface area contributed by atoms with Gasteiger partial charge in [-0.05, 0) is 24.3 Å². The first-order valence-electron chi connectivity index (χ1n) is 5.11. The van der Waals surface area contributed by atoms with E-state index in [9.17, 15) is 13.2 Å². The third-order valence-electron chi connectivity index (χ3n) is 2.06. The summed E-state index contributed by atoms with van der Waals surface area (Å²) in [6.07, 6.45) is -4.38. The van der Waals surface area contributed by atoms with E-state index in [2.05, 4.69) is 4.98 Å². The van der Waals surface area contributed by atoms with Gasteiger partial charge in [0, 0.05) is 10.9 Å². The Morgan fingerprint density at radius 2 is 1.78 bits per heavy atom. The van der Waals surface area contributed by atoms with Crippen LogP contribution in [0.1, 0.15) is 32.5 Å². The number of benzene rings is 1. The number of aromatic amines is 1. The number of hydrogen-bond acceptors (Lipinski definition) is 1. The normalized spacial score (nSPS) is 10.0. The maximum Gasteiger partial charge on any atom is 0.431 e. The van der Waals surface area contributed by atoms with Crippen LogP contribution in [0.4, 0.5) is 13.2 Å². The number of H-pyrrole nitrogens is 1. The molecule has 0 spiro atoms. The van der Waals surface area contributed by atoms with Gasteiger partial charge >= 0.3 is 6.18 Å². The molecular formula is C13H15F3N2. The molecule has 0 saturated carbocycles. The molecule has 0 atom stereocenters. The number of rotatable bonds is 0. The number of aromatic nitrogens is 1. The molecule has 2 rings (SSSR count).